The molecule has 0 unspecified atom stereocenters. The van der Waals surface area contributed by atoms with Crippen molar-refractivity contribution >= 4 is 56.8 Å². The molecule has 1 aromatic heterocycles. The maximum absolute atomic E-state index is 14.2. The molecule has 0 saturated heterocycles. The number of carbonyl (C=O) groups excluding carboxylic acids is 1. The molecule has 1 amide bonds. The number of rotatable bonds is 8. The zero-order chi connectivity index (χ0) is 20.1. The minimum atomic E-state index is -0.361. The van der Waals surface area contributed by atoms with E-state index in [0.29, 0.717) is 22.8 Å². The van der Waals surface area contributed by atoms with Crippen LogP contribution in [0, 0.1) is 5.82 Å². The summed E-state index contributed by atoms with van der Waals surface area (Å²) in [5.41, 5.74) is 0.968. The topological polar surface area (TPSA) is 36.4 Å². The molecule has 1 heterocycles. The van der Waals surface area contributed by atoms with Crippen molar-refractivity contribution < 1.29 is 9.18 Å². The number of hydrogen-bond acceptors (Lipinski definition) is 5. The minimum absolute atomic E-state index is 0. The van der Waals surface area contributed by atoms with Gasteiger partial charge in [0.25, 0.3) is 5.91 Å². The third-order valence-electron chi connectivity index (χ3n) is 4.71. The number of fused-ring (bicyclic) bond motifs is 1. The Bertz CT molecular complexity index is 962. The Hall–Kier alpha value is -1.67. The van der Waals surface area contributed by atoms with Crippen LogP contribution in [0.2, 0.25) is 0 Å². The predicted octanol–water partition coefficient (Wildman–Crippen LogP) is 5.57. The van der Waals surface area contributed by atoms with E-state index in [2.05, 4.69) is 23.7 Å². The number of halogens is 2. The number of aromatic nitrogens is 1. The average Bonchev–Trinajstić information content (AvgIpc) is 3.16. The van der Waals surface area contributed by atoms with Crippen LogP contribution in [0.5, 0.6) is 0 Å². The first kappa shape index (κ1) is 23.6. The molecule has 156 valence electrons. The molecule has 0 spiro atoms. The summed E-state index contributed by atoms with van der Waals surface area (Å²) in [6.45, 7) is 7.27. The molecule has 0 atom stereocenters. The van der Waals surface area contributed by atoms with Crippen molar-refractivity contribution in [2.45, 2.75) is 18.7 Å². The Kier molecular flexibility index (Phi) is 8.89. The zero-order valence-corrected chi connectivity index (χ0v) is 19.2. The van der Waals surface area contributed by atoms with Gasteiger partial charge in [-0.05, 0) is 43.6 Å². The number of amides is 1. The van der Waals surface area contributed by atoms with Gasteiger partial charge in [0.1, 0.15) is 11.3 Å². The van der Waals surface area contributed by atoms with Crippen molar-refractivity contribution in [3.05, 3.63) is 53.8 Å². The number of likely N-dealkylation sites (N-methyl/N-ethyl adjacent to an activating group) is 1. The van der Waals surface area contributed by atoms with Gasteiger partial charge >= 0.3 is 0 Å². The molecule has 3 aromatic rings. The van der Waals surface area contributed by atoms with Gasteiger partial charge in [0, 0.05) is 18.0 Å². The molecule has 3 rings (SSSR count). The maximum atomic E-state index is 14.2. The third-order valence-corrected chi connectivity index (χ3v) is 6.55. The van der Waals surface area contributed by atoms with Gasteiger partial charge in [0.05, 0.1) is 10.3 Å². The number of anilines is 1. The first-order chi connectivity index (χ1) is 13.6. The average molecular weight is 454 g/mol. The predicted molar refractivity (Wildman–Crippen MR) is 125 cm³/mol. The van der Waals surface area contributed by atoms with Crippen LogP contribution >= 0.6 is 35.5 Å². The highest BCUT2D eigenvalue weighted by Crippen LogP contribution is 2.32. The van der Waals surface area contributed by atoms with Crippen molar-refractivity contribution in [2.75, 3.05) is 37.3 Å². The van der Waals surface area contributed by atoms with E-state index in [-0.39, 0.29) is 24.1 Å². The Morgan fingerprint density at radius 3 is 2.48 bits per heavy atom. The molecular formula is C21H25ClFN3OS2. The van der Waals surface area contributed by atoms with E-state index in [1.165, 1.54) is 17.4 Å². The molecule has 0 bridgehead atoms. The van der Waals surface area contributed by atoms with Crippen LogP contribution < -0.4 is 4.90 Å². The summed E-state index contributed by atoms with van der Waals surface area (Å²) >= 11 is 2.89. The Morgan fingerprint density at radius 2 is 1.83 bits per heavy atom. The fraction of sp³-hybridized carbons (Fsp3) is 0.333. The molecule has 0 aliphatic carbocycles. The van der Waals surface area contributed by atoms with E-state index in [1.54, 1.807) is 22.7 Å². The lowest BCUT2D eigenvalue weighted by molar-refractivity contribution is 0.0981. The molecule has 0 aliphatic rings. The van der Waals surface area contributed by atoms with Crippen LogP contribution in [-0.2, 0) is 0 Å². The number of nitrogens with zero attached hydrogens (tertiary/aromatic N) is 3. The second-order valence-electron chi connectivity index (χ2n) is 6.27. The molecular weight excluding hydrogens is 429 g/mol. The van der Waals surface area contributed by atoms with Crippen LogP contribution in [0.3, 0.4) is 0 Å². The van der Waals surface area contributed by atoms with Gasteiger partial charge in [0.2, 0.25) is 0 Å². The lowest BCUT2D eigenvalue weighted by atomic mass is 10.2. The van der Waals surface area contributed by atoms with E-state index in [0.717, 1.165) is 29.2 Å². The number of carbonyl (C=O) groups is 1. The maximum Gasteiger partial charge on any atom is 0.261 e. The van der Waals surface area contributed by atoms with Crippen molar-refractivity contribution in [3.63, 3.8) is 0 Å². The van der Waals surface area contributed by atoms with Crippen molar-refractivity contribution in [3.8, 4) is 0 Å². The lowest BCUT2D eigenvalue weighted by Gasteiger charge is -2.25. The first-order valence-corrected chi connectivity index (χ1v) is 11.3. The van der Waals surface area contributed by atoms with Gasteiger partial charge in [-0.1, -0.05) is 43.4 Å². The Morgan fingerprint density at radius 1 is 1.10 bits per heavy atom. The molecule has 29 heavy (non-hydrogen) atoms. The second-order valence-corrected chi connectivity index (χ2v) is 8.12. The van der Waals surface area contributed by atoms with Crippen LogP contribution in [0.25, 0.3) is 10.2 Å². The highest BCUT2D eigenvalue weighted by Gasteiger charge is 2.24. The summed E-state index contributed by atoms with van der Waals surface area (Å²) in [6, 6.07) is 12.5. The minimum Gasteiger partial charge on any atom is -0.302 e. The van der Waals surface area contributed by atoms with E-state index >= 15 is 0 Å². The van der Waals surface area contributed by atoms with Gasteiger partial charge in [-0.15, -0.1) is 24.2 Å². The van der Waals surface area contributed by atoms with Crippen LogP contribution in [0.15, 0.2) is 47.4 Å². The van der Waals surface area contributed by atoms with Gasteiger partial charge in [-0.3, -0.25) is 9.69 Å². The first-order valence-electron chi connectivity index (χ1n) is 9.31. The van der Waals surface area contributed by atoms with E-state index in [4.69, 9.17) is 0 Å². The normalized spacial score (nSPS) is 10.9. The van der Waals surface area contributed by atoms with E-state index in [1.807, 2.05) is 36.6 Å². The molecule has 2 aromatic carbocycles. The smallest absolute Gasteiger partial charge is 0.261 e. The molecule has 8 heteroatoms. The van der Waals surface area contributed by atoms with E-state index < -0.39 is 0 Å². The van der Waals surface area contributed by atoms with Gasteiger partial charge < -0.3 is 4.90 Å². The monoisotopic (exact) mass is 453 g/mol. The highest BCUT2D eigenvalue weighted by atomic mass is 35.5. The summed E-state index contributed by atoms with van der Waals surface area (Å²) < 4.78 is 14.9. The fourth-order valence-electron chi connectivity index (χ4n) is 3.05. The van der Waals surface area contributed by atoms with Gasteiger partial charge in [-0.2, -0.15) is 0 Å². The van der Waals surface area contributed by atoms with Gasteiger partial charge in [-0.25, -0.2) is 9.37 Å². The molecule has 4 nitrogen and oxygen atoms in total. The highest BCUT2D eigenvalue weighted by molar-refractivity contribution is 7.98. The van der Waals surface area contributed by atoms with Crippen molar-refractivity contribution in [1.29, 1.82) is 0 Å². The number of hydrogen-bond donors (Lipinski definition) is 0. The number of thiazole rings is 1. The van der Waals surface area contributed by atoms with Crippen molar-refractivity contribution in [2.24, 2.45) is 0 Å². The zero-order valence-electron chi connectivity index (χ0n) is 16.7. The standard InChI is InChI=1S/C21H24FN3OS2.ClH/c1-4-24(5-2)13-14-25(20(26)15-9-6-7-11-17(15)27-3)21-23-19-16(22)10-8-12-18(19)28-21;/h6-12H,4-5,13-14H2,1-3H3;1H. The summed E-state index contributed by atoms with van der Waals surface area (Å²) in [5, 5.41) is 0.535. The molecule has 0 saturated carbocycles. The van der Waals surface area contributed by atoms with Crippen LogP contribution in [0.4, 0.5) is 9.52 Å². The Balaban J connectivity index is 0.00000300. The Labute approximate surface area is 185 Å². The van der Waals surface area contributed by atoms with Crippen LogP contribution in [-0.4, -0.2) is 48.2 Å². The number of thioether (sulfide) groups is 1. The summed E-state index contributed by atoms with van der Waals surface area (Å²) in [4.78, 5) is 22.8. The largest absolute Gasteiger partial charge is 0.302 e. The van der Waals surface area contributed by atoms with Crippen LogP contribution in [0.1, 0.15) is 24.2 Å². The van der Waals surface area contributed by atoms with E-state index in [9.17, 15) is 9.18 Å². The summed E-state index contributed by atoms with van der Waals surface area (Å²) in [5.74, 6) is -0.461. The fourth-order valence-corrected chi connectivity index (χ4v) is 4.65. The summed E-state index contributed by atoms with van der Waals surface area (Å²) in [6.07, 6.45) is 1.96. The molecule has 0 fully saturated rings. The van der Waals surface area contributed by atoms with Gasteiger partial charge in [0.15, 0.2) is 5.13 Å². The second kappa shape index (κ2) is 10.9. The number of para-hydroxylation sites is 1. The SMILES string of the molecule is CCN(CC)CCN(C(=O)c1ccccc1SC)c1nc2c(F)cccc2s1.Cl. The molecule has 0 N–H and O–H groups in total. The number of benzene rings is 2. The van der Waals surface area contributed by atoms with Crippen molar-refractivity contribution in [1.82, 2.24) is 9.88 Å². The lowest BCUT2D eigenvalue weighted by Crippen LogP contribution is -2.39. The molecule has 0 radical (unpaired) electrons. The molecule has 0 aliphatic heterocycles. The summed E-state index contributed by atoms with van der Waals surface area (Å²) in [7, 11) is 0. The third kappa shape index (κ3) is 5.28. The quantitative estimate of drug-likeness (QED) is 0.418.